The highest BCUT2D eigenvalue weighted by molar-refractivity contribution is 5.78. The van der Waals surface area contributed by atoms with Crippen LogP contribution in [0.15, 0.2) is 12.2 Å². The molecule has 0 spiro atoms. The predicted molar refractivity (Wildman–Crippen MR) is 55.2 cm³/mol. The Labute approximate surface area is 76.9 Å². The molecule has 0 radical (unpaired) electrons. The Morgan fingerprint density at radius 2 is 1.42 bits per heavy atom. The molecule has 72 valence electrons. The molecule has 0 aliphatic heterocycles. The van der Waals surface area contributed by atoms with Crippen molar-refractivity contribution in [3.8, 4) is 0 Å². The summed E-state index contributed by atoms with van der Waals surface area (Å²) in [4.78, 5) is 10.8. The smallest absolute Gasteiger partial charge is 0.133 e. The van der Waals surface area contributed by atoms with Crippen molar-refractivity contribution in [1.29, 1.82) is 0 Å². The average Bonchev–Trinajstić information content (AvgIpc) is 2.05. The first-order valence-corrected chi connectivity index (χ1v) is 4.62. The number of rotatable bonds is 3. The van der Waals surface area contributed by atoms with Crippen LogP contribution < -0.4 is 0 Å². The molecule has 0 bridgehead atoms. The molecule has 0 aromatic rings. The Kier molecular flexibility index (Phi) is 8.24. The van der Waals surface area contributed by atoms with Crippen molar-refractivity contribution in [2.75, 3.05) is 0 Å². The first-order valence-electron chi connectivity index (χ1n) is 4.62. The summed E-state index contributed by atoms with van der Waals surface area (Å²) in [7, 11) is 0. The highest BCUT2D eigenvalue weighted by Crippen LogP contribution is 2.18. The van der Waals surface area contributed by atoms with Gasteiger partial charge in [-0.1, -0.05) is 39.8 Å². The summed E-state index contributed by atoms with van der Waals surface area (Å²) in [6, 6.07) is 0. The summed E-state index contributed by atoms with van der Waals surface area (Å²) in [6.45, 7) is 15.4. The first kappa shape index (κ1) is 14.0. The summed E-state index contributed by atoms with van der Waals surface area (Å²) in [5.41, 5.74) is 1.09. The maximum absolute atomic E-state index is 10.8. The Morgan fingerprint density at radius 3 is 1.50 bits per heavy atom. The van der Waals surface area contributed by atoms with Crippen LogP contribution in [0.4, 0.5) is 0 Å². The molecule has 2 atom stereocenters. The van der Waals surface area contributed by atoms with Crippen molar-refractivity contribution in [3.63, 3.8) is 0 Å². The highest BCUT2D eigenvalue weighted by Gasteiger charge is 2.16. The quantitative estimate of drug-likeness (QED) is 0.593. The number of carbonyl (C=O) groups is 1. The monoisotopic (exact) mass is 170 g/mol. The number of hydrogen-bond donors (Lipinski definition) is 0. The molecule has 2 unspecified atom stereocenters. The van der Waals surface area contributed by atoms with Crippen LogP contribution in [0, 0.1) is 11.8 Å². The molecule has 0 aliphatic carbocycles. The second-order valence-corrected chi connectivity index (χ2v) is 3.03. The molecule has 0 rings (SSSR count). The zero-order valence-corrected chi connectivity index (χ0v) is 9.27. The Balaban J connectivity index is 0. The summed E-state index contributed by atoms with van der Waals surface area (Å²) in [5.74, 6) is 0.686. The van der Waals surface area contributed by atoms with E-state index in [1.165, 1.54) is 0 Å². The van der Waals surface area contributed by atoms with Gasteiger partial charge in [0.25, 0.3) is 0 Å². The lowest BCUT2D eigenvalue weighted by Crippen LogP contribution is -2.16. The van der Waals surface area contributed by atoms with Crippen LogP contribution >= 0.6 is 0 Å². The fourth-order valence-corrected chi connectivity index (χ4v) is 0.779. The number of Topliss-reactive ketones (excluding diaryl/α,β-unsaturated/α-hetero) is 1. The topological polar surface area (TPSA) is 17.1 Å². The van der Waals surface area contributed by atoms with Crippen LogP contribution in [-0.4, -0.2) is 5.78 Å². The fraction of sp³-hybridized carbons (Fsp3) is 0.727. The van der Waals surface area contributed by atoms with Crippen LogP contribution in [0.3, 0.4) is 0 Å². The van der Waals surface area contributed by atoms with E-state index >= 15 is 0 Å². The number of hydrogen-bond acceptors (Lipinski definition) is 1. The van der Waals surface area contributed by atoms with Crippen molar-refractivity contribution in [2.45, 2.75) is 41.5 Å². The Morgan fingerprint density at radius 1 is 1.08 bits per heavy atom. The maximum atomic E-state index is 10.8. The van der Waals surface area contributed by atoms with Crippen molar-refractivity contribution in [3.05, 3.63) is 12.2 Å². The molecule has 0 aliphatic rings. The molecule has 0 saturated carbocycles. The minimum absolute atomic E-state index is 0.123. The van der Waals surface area contributed by atoms with E-state index in [0.29, 0.717) is 5.92 Å². The molecule has 0 N–H and O–H groups in total. The van der Waals surface area contributed by atoms with E-state index in [2.05, 4.69) is 6.58 Å². The zero-order valence-electron chi connectivity index (χ0n) is 9.27. The van der Waals surface area contributed by atoms with Gasteiger partial charge in [0.2, 0.25) is 0 Å². The molecular weight excluding hydrogens is 148 g/mol. The lowest BCUT2D eigenvalue weighted by molar-refractivity contribution is -0.121. The van der Waals surface area contributed by atoms with Gasteiger partial charge in [0.05, 0.1) is 0 Å². The molecule has 1 nitrogen and oxygen atoms in total. The largest absolute Gasteiger partial charge is 0.300 e. The molecule has 12 heavy (non-hydrogen) atoms. The van der Waals surface area contributed by atoms with Gasteiger partial charge in [-0.3, -0.25) is 4.79 Å². The molecule has 0 aromatic carbocycles. The van der Waals surface area contributed by atoms with Gasteiger partial charge >= 0.3 is 0 Å². The minimum atomic E-state index is 0.123. The normalized spacial score (nSPS) is 13.8. The van der Waals surface area contributed by atoms with E-state index < -0.39 is 0 Å². The standard InChI is InChI=1S/C9H16O.C2H6/c1-6(2)7(3)8(4)9(5)10;1-2/h7-8H,1H2,2-5H3;1-2H3. The fourth-order valence-electron chi connectivity index (χ4n) is 0.779. The van der Waals surface area contributed by atoms with E-state index in [0.717, 1.165) is 5.57 Å². The van der Waals surface area contributed by atoms with Crippen molar-refractivity contribution >= 4 is 5.78 Å². The second-order valence-electron chi connectivity index (χ2n) is 3.03. The van der Waals surface area contributed by atoms with Gasteiger partial charge in [0.15, 0.2) is 0 Å². The summed E-state index contributed by atoms with van der Waals surface area (Å²) in [6.07, 6.45) is 0. The number of carbonyl (C=O) groups excluding carboxylic acids is 1. The molecule has 1 heteroatoms. The van der Waals surface area contributed by atoms with E-state index in [9.17, 15) is 4.79 Å². The molecule has 0 amide bonds. The van der Waals surface area contributed by atoms with Crippen LogP contribution in [0.1, 0.15) is 41.5 Å². The third-order valence-corrected chi connectivity index (χ3v) is 2.17. The SMILES string of the molecule is C=C(C)C(C)C(C)C(C)=O.CC. The average molecular weight is 170 g/mol. The van der Waals surface area contributed by atoms with Gasteiger partial charge < -0.3 is 0 Å². The second kappa shape index (κ2) is 7.08. The maximum Gasteiger partial charge on any atom is 0.133 e. The molecule has 0 saturated heterocycles. The molecular formula is C11H22O. The summed E-state index contributed by atoms with van der Waals surface area (Å²) in [5, 5.41) is 0. The molecule has 0 heterocycles. The third kappa shape index (κ3) is 5.11. The van der Waals surface area contributed by atoms with Crippen LogP contribution in [0.25, 0.3) is 0 Å². The van der Waals surface area contributed by atoms with Crippen LogP contribution in [0.5, 0.6) is 0 Å². The number of allylic oxidation sites excluding steroid dienone is 1. The summed E-state index contributed by atoms with van der Waals surface area (Å²) >= 11 is 0. The molecule has 0 aromatic heterocycles. The van der Waals surface area contributed by atoms with Crippen LogP contribution in [-0.2, 0) is 4.79 Å². The lowest BCUT2D eigenvalue weighted by Gasteiger charge is -2.16. The van der Waals surface area contributed by atoms with Crippen molar-refractivity contribution < 1.29 is 4.79 Å². The van der Waals surface area contributed by atoms with Gasteiger partial charge in [0, 0.05) is 5.92 Å². The molecule has 0 fully saturated rings. The van der Waals surface area contributed by atoms with E-state index in [1.807, 2.05) is 34.6 Å². The van der Waals surface area contributed by atoms with Gasteiger partial charge in [-0.05, 0) is 19.8 Å². The van der Waals surface area contributed by atoms with Crippen molar-refractivity contribution in [2.24, 2.45) is 11.8 Å². The Bertz CT molecular complexity index is 129. The van der Waals surface area contributed by atoms with Gasteiger partial charge in [-0.15, -0.1) is 0 Å². The van der Waals surface area contributed by atoms with E-state index in [-0.39, 0.29) is 11.7 Å². The van der Waals surface area contributed by atoms with Gasteiger partial charge in [0.1, 0.15) is 5.78 Å². The van der Waals surface area contributed by atoms with Gasteiger partial charge in [-0.2, -0.15) is 0 Å². The zero-order chi connectivity index (χ0) is 10.3. The predicted octanol–water partition coefficient (Wildman–Crippen LogP) is 3.45. The van der Waals surface area contributed by atoms with E-state index in [1.54, 1.807) is 6.92 Å². The summed E-state index contributed by atoms with van der Waals surface area (Å²) < 4.78 is 0. The Hall–Kier alpha value is -0.590. The van der Waals surface area contributed by atoms with Gasteiger partial charge in [-0.25, -0.2) is 0 Å². The highest BCUT2D eigenvalue weighted by atomic mass is 16.1. The van der Waals surface area contributed by atoms with E-state index in [4.69, 9.17) is 0 Å². The van der Waals surface area contributed by atoms with Crippen LogP contribution in [0.2, 0.25) is 0 Å². The first-order chi connectivity index (χ1) is 5.46. The lowest BCUT2D eigenvalue weighted by atomic mass is 9.88. The number of ketones is 1. The van der Waals surface area contributed by atoms with Crippen molar-refractivity contribution in [1.82, 2.24) is 0 Å². The minimum Gasteiger partial charge on any atom is -0.300 e. The third-order valence-electron chi connectivity index (χ3n) is 2.17.